The number of rotatable bonds is 16. The molecule has 12 rings (SSSR count). The van der Waals surface area contributed by atoms with E-state index in [9.17, 15) is 0 Å². The van der Waals surface area contributed by atoms with Crippen molar-refractivity contribution in [3.05, 3.63) is 275 Å². The number of thiol groups is 1. The molecule has 3 aliphatic heterocycles. The third-order valence-corrected chi connectivity index (χ3v) is 18.4. The molecular formula is C69H69Cl2N5O3S3. The Morgan fingerprint density at radius 2 is 0.902 bits per heavy atom. The van der Waals surface area contributed by atoms with Crippen molar-refractivity contribution in [2.45, 2.75) is 57.2 Å². The van der Waals surface area contributed by atoms with Gasteiger partial charge in [0.1, 0.15) is 10.1 Å². The van der Waals surface area contributed by atoms with Gasteiger partial charge in [-0.25, -0.2) is 9.97 Å². The lowest BCUT2D eigenvalue weighted by molar-refractivity contribution is -0.0320. The Bertz CT molecular complexity index is 3320. The summed E-state index contributed by atoms with van der Waals surface area (Å²) in [6.07, 6.45) is 4.01. The molecule has 0 saturated carbocycles. The molecule has 3 aliphatic rings. The SMILES string of the molecule is Clc1cccc(-c2cccnc2S[C@@H](c2ccccc2)[C@@H]2CN(Cc3ccccc3)CCO2)c1.Clc1cccc(-c2cccnc2S[C@@H](c2ccccc2)[C@@H]2CNCCO2)c1.S[C@@H](c1ccccc1)[C@@H]1CN(Cc2ccccc2)CCO1. The van der Waals surface area contributed by atoms with Crippen LogP contribution in [0.3, 0.4) is 0 Å². The summed E-state index contributed by atoms with van der Waals surface area (Å²) in [5.74, 6) is 0. The number of hydrogen-bond acceptors (Lipinski definition) is 11. The second kappa shape index (κ2) is 31.2. The fraction of sp³-hybridized carbons (Fsp3) is 0.246. The van der Waals surface area contributed by atoms with E-state index in [0.717, 1.165) is 115 Å². The summed E-state index contributed by atoms with van der Waals surface area (Å²) in [5.41, 5.74) is 10.8. The fourth-order valence-electron chi connectivity index (χ4n) is 10.4. The van der Waals surface area contributed by atoms with E-state index in [1.165, 1.54) is 27.8 Å². The molecule has 0 radical (unpaired) electrons. The minimum atomic E-state index is 0.0547. The zero-order valence-corrected chi connectivity index (χ0v) is 49.8. The summed E-state index contributed by atoms with van der Waals surface area (Å²) in [7, 11) is 0. The summed E-state index contributed by atoms with van der Waals surface area (Å²) in [5, 5.41) is 7.29. The molecule has 8 nitrogen and oxygen atoms in total. The third-order valence-electron chi connectivity index (χ3n) is 14.5. The molecule has 0 amide bonds. The van der Waals surface area contributed by atoms with Gasteiger partial charge in [0, 0.05) is 85.9 Å². The standard InChI is InChI=1S/C29H27ClN2OS.C22H21ClN2OS.C18H21NOS/c30-25-14-7-13-24(19-25)26-15-8-16-31-29(26)34-28(23-11-5-2-6-12-23)27-21-32(17-18-33-27)20-22-9-3-1-4-10-22;23-18-9-4-8-17(14-18)19-10-5-11-25-22(19)27-21(16-6-2-1-3-7-16)20-15-24-12-13-26-20;21-18(16-9-5-2-6-10-16)17-14-19(11-12-20-17)13-15-7-3-1-4-8-15/h1-16,19,27-28H,17-18,20-21H2;1-11,14,20-21,24H,12-13,15H2;1-10,17-18,21H,11-14H2/t27-,28-;20-,21-;17-,18-/m000/s1. The van der Waals surface area contributed by atoms with E-state index in [1.807, 2.05) is 73.1 Å². The second-order valence-corrected chi connectivity index (χ2v) is 24.0. The second-order valence-electron chi connectivity index (χ2n) is 20.4. The van der Waals surface area contributed by atoms with Gasteiger partial charge in [0.05, 0.1) is 53.9 Å². The Labute approximate surface area is 508 Å². The van der Waals surface area contributed by atoms with Crippen LogP contribution in [0.4, 0.5) is 0 Å². The number of hydrogen-bond donors (Lipinski definition) is 2. The van der Waals surface area contributed by atoms with E-state index in [-0.39, 0.29) is 34.1 Å². The number of benzene rings is 7. The summed E-state index contributed by atoms with van der Waals surface area (Å²) in [6, 6.07) is 76.9. The average molecular weight is 1180 g/mol. The minimum Gasteiger partial charge on any atom is -0.374 e. The van der Waals surface area contributed by atoms with Crippen molar-refractivity contribution in [3.8, 4) is 22.3 Å². The van der Waals surface area contributed by atoms with E-state index in [4.69, 9.17) is 55.0 Å². The van der Waals surface area contributed by atoms with Crippen LogP contribution in [0.15, 0.2) is 247 Å². The molecule has 2 aromatic heterocycles. The van der Waals surface area contributed by atoms with E-state index < -0.39 is 0 Å². The number of halogens is 2. The van der Waals surface area contributed by atoms with Crippen LogP contribution in [-0.2, 0) is 27.3 Å². The van der Waals surface area contributed by atoms with Gasteiger partial charge in [0.2, 0.25) is 0 Å². The van der Waals surface area contributed by atoms with Crippen LogP contribution in [0, 0.1) is 0 Å². The first-order valence-corrected chi connectivity index (χ1v) is 31.1. The van der Waals surface area contributed by atoms with E-state index in [2.05, 4.69) is 184 Å². The van der Waals surface area contributed by atoms with Crippen molar-refractivity contribution >= 4 is 59.4 Å². The van der Waals surface area contributed by atoms with Crippen LogP contribution in [0.25, 0.3) is 22.3 Å². The van der Waals surface area contributed by atoms with Gasteiger partial charge in [0.15, 0.2) is 0 Å². The van der Waals surface area contributed by atoms with E-state index in [1.54, 1.807) is 23.5 Å². The van der Waals surface area contributed by atoms with Crippen LogP contribution in [0.2, 0.25) is 10.0 Å². The average Bonchev–Trinajstić information content (AvgIpc) is 3.69. The Kier molecular flexibility index (Phi) is 22.6. The number of aromatic nitrogens is 2. The molecule has 7 aromatic carbocycles. The van der Waals surface area contributed by atoms with Crippen molar-refractivity contribution in [1.82, 2.24) is 25.1 Å². The summed E-state index contributed by atoms with van der Waals surface area (Å²) >= 11 is 20.8. The molecule has 9 aromatic rings. The number of pyridine rings is 2. The van der Waals surface area contributed by atoms with Gasteiger partial charge >= 0.3 is 0 Å². The molecule has 5 heterocycles. The molecule has 1 N–H and O–H groups in total. The largest absolute Gasteiger partial charge is 0.374 e. The van der Waals surface area contributed by atoms with Gasteiger partial charge in [-0.15, -0.1) is 0 Å². The van der Waals surface area contributed by atoms with Crippen molar-refractivity contribution in [2.24, 2.45) is 0 Å². The van der Waals surface area contributed by atoms with Crippen molar-refractivity contribution in [1.29, 1.82) is 0 Å². The number of morpholine rings is 3. The highest BCUT2D eigenvalue weighted by molar-refractivity contribution is 7.99. The van der Waals surface area contributed by atoms with Crippen LogP contribution < -0.4 is 5.32 Å². The smallest absolute Gasteiger partial charge is 0.104 e. The third kappa shape index (κ3) is 17.2. The number of nitrogens with zero attached hydrogens (tertiary/aromatic N) is 4. The zero-order valence-electron chi connectivity index (χ0n) is 45.8. The molecule has 0 spiro atoms. The lowest BCUT2D eigenvalue weighted by Crippen LogP contribution is -2.44. The summed E-state index contributed by atoms with van der Waals surface area (Å²) < 4.78 is 18.4. The molecule has 0 unspecified atom stereocenters. The molecule has 0 bridgehead atoms. The predicted octanol–water partition coefficient (Wildman–Crippen LogP) is 15.9. The molecule has 420 valence electrons. The fourth-order valence-corrected chi connectivity index (χ4v) is 13.7. The van der Waals surface area contributed by atoms with Crippen LogP contribution in [0.1, 0.15) is 43.6 Å². The molecule has 3 saturated heterocycles. The Hall–Kier alpha value is -5.77. The normalized spacial score (nSPS) is 18.6. The number of ether oxygens (including phenoxy) is 3. The highest BCUT2D eigenvalue weighted by atomic mass is 35.5. The summed E-state index contributed by atoms with van der Waals surface area (Å²) in [4.78, 5) is 14.4. The van der Waals surface area contributed by atoms with Gasteiger partial charge < -0.3 is 19.5 Å². The van der Waals surface area contributed by atoms with Crippen LogP contribution in [-0.4, -0.2) is 97.2 Å². The Morgan fingerprint density at radius 1 is 0.476 bits per heavy atom. The van der Waals surface area contributed by atoms with Crippen molar-refractivity contribution in [2.75, 3.05) is 59.1 Å². The monoisotopic (exact) mass is 1180 g/mol. The minimum absolute atomic E-state index is 0.0547. The Balaban J connectivity index is 0.000000142. The number of thioether (sulfide) groups is 2. The zero-order chi connectivity index (χ0) is 56.1. The Morgan fingerprint density at radius 3 is 1.37 bits per heavy atom. The van der Waals surface area contributed by atoms with Gasteiger partial charge in [-0.05, 0) is 75.3 Å². The maximum absolute atomic E-state index is 6.39. The quantitative estimate of drug-likeness (QED) is 0.0722. The van der Waals surface area contributed by atoms with Crippen molar-refractivity contribution in [3.63, 3.8) is 0 Å². The molecular weight excluding hydrogens is 1110 g/mol. The van der Waals surface area contributed by atoms with Crippen LogP contribution >= 0.6 is 59.4 Å². The predicted molar refractivity (Wildman–Crippen MR) is 343 cm³/mol. The topological polar surface area (TPSA) is 72.0 Å². The van der Waals surface area contributed by atoms with Gasteiger partial charge in [-0.2, -0.15) is 12.6 Å². The van der Waals surface area contributed by atoms with Gasteiger partial charge in [-0.1, -0.05) is 235 Å². The van der Waals surface area contributed by atoms with Crippen molar-refractivity contribution < 1.29 is 14.2 Å². The first kappa shape index (κ1) is 59.4. The first-order valence-electron chi connectivity index (χ1n) is 28.1. The first-order chi connectivity index (χ1) is 40.4. The molecule has 6 atom stereocenters. The lowest BCUT2D eigenvalue weighted by Gasteiger charge is -2.37. The molecule has 82 heavy (non-hydrogen) atoms. The van der Waals surface area contributed by atoms with E-state index >= 15 is 0 Å². The summed E-state index contributed by atoms with van der Waals surface area (Å²) in [6.45, 7) is 9.63. The van der Waals surface area contributed by atoms with Gasteiger partial charge in [-0.3, -0.25) is 9.80 Å². The molecule has 13 heteroatoms. The maximum Gasteiger partial charge on any atom is 0.104 e. The van der Waals surface area contributed by atoms with E-state index in [0.29, 0.717) is 0 Å². The molecule has 3 fully saturated rings. The molecule has 0 aliphatic carbocycles. The highest BCUT2D eigenvalue weighted by Crippen LogP contribution is 2.45. The lowest BCUT2D eigenvalue weighted by atomic mass is 10.1. The van der Waals surface area contributed by atoms with Crippen LogP contribution in [0.5, 0.6) is 0 Å². The maximum atomic E-state index is 6.39. The highest BCUT2D eigenvalue weighted by Gasteiger charge is 2.32. The van der Waals surface area contributed by atoms with Gasteiger partial charge in [0.25, 0.3) is 0 Å². The number of nitrogens with one attached hydrogen (secondary N) is 1.